The minimum absolute atomic E-state index is 0.329. The van der Waals surface area contributed by atoms with E-state index in [9.17, 15) is 9.90 Å². The second-order valence-electron chi connectivity index (χ2n) is 5.53. The number of nitrogens with two attached hydrogens (primary N) is 1. The van der Waals surface area contributed by atoms with Crippen LogP contribution in [-0.2, 0) is 11.2 Å². The molecular weight excluding hydrogens is 240 g/mol. The number of aliphatic hydroxyl groups is 1. The normalized spacial score (nSPS) is 14.8. The molecule has 0 aliphatic rings. The zero-order valence-corrected chi connectivity index (χ0v) is 11.9. The number of benzene rings is 1. The SMILES string of the molecule is CCC(C)(C)NC(=O)C(O)[C@@H](N)Cc1ccccc1. The molecule has 2 atom stereocenters. The van der Waals surface area contributed by atoms with Crippen LogP contribution in [0.5, 0.6) is 0 Å². The summed E-state index contributed by atoms with van der Waals surface area (Å²) in [5.74, 6) is -0.407. The fourth-order valence-corrected chi connectivity index (χ4v) is 1.69. The molecule has 1 amide bonds. The highest BCUT2D eigenvalue weighted by molar-refractivity contribution is 5.82. The van der Waals surface area contributed by atoms with Crippen LogP contribution in [0.1, 0.15) is 32.8 Å². The van der Waals surface area contributed by atoms with Gasteiger partial charge in [0.25, 0.3) is 5.91 Å². The van der Waals surface area contributed by atoms with Crippen LogP contribution in [0.2, 0.25) is 0 Å². The van der Waals surface area contributed by atoms with E-state index < -0.39 is 18.1 Å². The lowest BCUT2D eigenvalue weighted by molar-refractivity contribution is -0.132. The lowest BCUT2D eigenvalue weighted by atomic mass is 9.98. The predicted molar refractivity (Wildman–Crippen MR) is 76.6 cm³/mol. The van der Waals surface area contributed by atoms with Gasteiger partial charge in [0.05, 0.1) is 0 Å². The van der Waals surface area contributed by atoms with Crippen molar-refractivity contribution < 1.29 is 9.90 Å². The molecule has 0 aromatic heterocycles. The summed E-state index contributed by atoms with van der Waals surface area (Å²) in [5, 5.41) is 12.8. The maximum atomic E-state index is 11.9. The summed E-state index contributed by atoms with van der Waals surface area (Å²) in [6.07, 6.45) is 0.0764. The fourth-order valence-electron chi connectivity index (χ4n) is 1.69. The average Bonchev–Trinajstić information content (AvgIpc) is 2.38. The summed E-state index contributed by atoms with van der Waals surface area (Å²) in [6, 6.07) is 9.00. The quantitative estimate of drug-likeness (QED) is 0.723. The number of hydrogen-bond acceptors (Lipinski definition) is 3. The van der Waals surface area contributed by atoms with Crippen molar-refractivity contribution in [3.63, 3.8) is 0 Å². The molecule has 19 heavy (non-hydrogen) atoms. The molecule has 0 heterocycles. The number of rotatable bonds is 6. The van der Waals surface area contributed by atoms with Crippen LogP contribution in [0.3, 0.4) is 0 Å². The molecule has 0 spiro atoms. The molecule has 0 fully saturated rings. The number of aliphatic hydroxyl groups excluding tert-OH is 1. The molecule has 4 nitrogen and oxygen atoms in total. The van der Waals surface area contributed by atoms with Gasteiger partial charge in [-0.25, -0.2) is 0 Å². The van der Waals surface area contributed by atoms with Crippen molar-refractivity contribution in [3.05, 3.63) is 35.9 Å². The standard InChI is InChI=1S/C15H24N2O2/c1-4-15(2,3)17-14(19)13(18)12(16)10-11-8-6-5-7-9-11/h5-9,12-13,18H,4,10,16H2,1-3H3,(H,17,19)/t12-,13?/m0/s1. The van der Waals surface area contributed by atoms with Gasteiger partial charge >= 0.3 is 0 Å². The van der Waals surface area contributed by atoms with Gasteiger partial charge in [-0.3, -0.25) is 4.79 Å². The molecule has 106 valence electrons. The first-order chi connectivity index (χ1) is 8.85. The van der Waals surface area contributed by atoms with E-state index in [1.54, 1.807) is 0 Å². The summed E-state index contributed by atoms with van der Waals surface area (Å²) >= 11 is 0. The Morgan fingerprint density at radius 1 is 1.37 bits per heavy atom. The second-order valence-corrected chi connectivity index (χ2v) is 5.53. The van der Waals surface area contributed by atoms with Crippen LogP contribution in [0.25, 0.3) is 0 Å². The lowest BCUT2D eigenvalue weighted by Crippen LogP contribution is -2.53. The summed E-state index contributed by atoms with van der Waals surface area (Å²) in [4.78, 5) is 11.9. The Morgan fingerprint density at radius 2 is 1.95 bits per heavy atom. The third kappa shape index (κ3) is 5.01. The Kier molecular flexibility index (Phi) is 5.51. The Labute approximate surface area is 115 Å². The van der Waals surface area contributed by atoms with Gasteiger partial charge in [-0.2, -0.15) is 0 Å². The molecule has 4 heteroatoms. The van der Waals surface area contributed by atoms with Gasteiger partial charge < -0.3 is 16.2 Å². The predicted octanol–water partition coefficient (Wildman–Crippen LogP) is 1.22. The van der Waals surface area contributed by atoms with Gasteiger partial charge in [0.2, 0.25) is 0 Å². The van der Waals surface area contributed by atoms with Crippen LogP contribution in [0.15, 0.2) is 30.3 Å². The van der Waals surface area contributed by atoms with E-state index in [1.807, 2.05) is 51.1 Å². The molecule has 1 rings (SSSR count). The third-order valence-corrected chi connectivity index (χ3v) is 3.33. The van der Waals surface area contributed by atoms with Crippen LogP contribution in [0, 0.1) is 0 Å². The van der Waals surface area contributed by atoms with Gasteiger partial charge in [-0.05, 0) is 32.3 Å². The number of amides is 1. The van der Waals surface area contributed by atoms with Gasteiger partial charge in [0, 0.05) is 11.6 Å². The van der Waals surface area contributed by atoms with Gasteiger partial charge in [-0.15, -0.1) is 0 Å². The van der Waals surface area contributed by atoms with Crippen molar-refractivity contribution in [1.82, 2.24) is 5.32 Å². The monoisotopic (exact) mass is 264 g/mol. The Morgan fingerprint density at radius 3 is 2.47 bits per heavy atom. The van der Waals surface area contributed by atoms with E-state index >= 15 is 0 Å². The van der Waals surface area contributed by atoms with Crippen molar-refractivity contribution in [3.8, 4) is 0 Å². The summed E-state index contributed by atoms with van der Waals surface area (Å²) in [7, 11) is 0. The number of nitrogens with one attached hydrogen (secondary N) is 1. The molecule has 0 aliphatic heterocycles. The smallest absolute Gasteiger partial charge is 0.250 e. The highest BCUT2D eigenvalue weighted by Crippen LogP contribution is 2.09. The molecular formula is C15H24N2O2. The van der Waals surface area contributed by atoms with Gasteiger partial charge in [-0.1, -0.05) is 37.3 Å². The zero-order chi connectivity index (χ0) is 14.5. The summed E-state index contributed by atoms with van der Waals surface area (Å²) in [5.41, 5.74) is 6.58. The second kappa shape index (κ2) is 6.68. The van der Waals surface area contributed by atoms with E-state index in [2.05, 4.69) is 5.32 Å². The van der Waals surface area contributed by atoms with E-state index in [-0.39, 0.29) is 5.54 Å². The molecule has 1 aromatic rings. The molecule has 0 radical (unpaired) electrons. The summed E-state index contributed by atoms with van der Waals surface area (Å²) < 4.78 is 0. The van der Waals surface area contributed by atoms with Gasteiger partial charge in [0.15, 0.2) is 0 Å². The first kappa shape index (κ1) is 15.7. The van der Waals surface area contributed by atoms with Crippen LogP contribution in [0.4, 0.5) is 0 Å². The lowest BCUT2D eigenvalue weighted by Gasteiger charge is -2.27. The Bertz CT molecular complexity index is 404. The number of carbonyl (C=O) groups excluding carboxylic acids is 1. The zero-order valence-electron chi connectivity index (χ0n) is 11.9. The fraction of sp³-hybridized carbons (Fsp3) is 0.533. The van der Waals surface area contributed by atoms with E-state index in [0.29, 0.717) is 6.42 Å². The maximum Gasteiger partial charge on any atom is 0.250 e. The highest BCUT2D eigenvalue weighted by atomic mass is 16.3. The van der Waals surface area contributed by atoms with Crippen LogP contribution >= 0.6 is 0 Å². The van der Waals surface area contributed by atoms with E-state index in [4.69, 9.17) is 5.73 Å². The minimum Gasteiger partial charge on any atom is -0.382 e. The molecule has 4 N–H and O–H groups in total. The molecule has 0 saturated carbocycles. The topological polar surface area (TPSA) is 75.3 Å². The van der Waals surface area contributed by atoms with Crippen molar-refractivity contribution in [2.75, 3.05) is 0 Å². The molecule has 0 aliphatic carbocycles. The largest absolute Gasteiger partial charge is 0.382 e. The molecule has 0 bridgehead atoms. The van der Waals surface area contributed by atoms with Crippen molar-refractivity contribution in [1.29, 1.82) is 0 Å². The third-order valence-electron chi connectivity index (χ3n) is 3.33. The number of carbonyl (C=O) groups is 1. The average molecular weight is 264 g/mol. The van der Waals surface area contributed by atoms with E-state index in [0.717, 1.165) is 12.0 Å². The van der Waals surface area contributed by atoms with Crippen molar-refractivity contribution >= 4 is 5.91 Å². The van der Waals surface area contributed by atoms with Crippen LogP contribution in [-0.4, -0.2) is 28.7 Å². The maximum absolute atomic E-state index is 11.9. The molecule has 1 aromatic carbocycles. The van der Waals surface area contributed by atoms with Crippen molar-refractivity contribution in [2.45, 2.75) is 51.3 Å². The van der Waals surface area contributed by atoms with Gasteiger partial charge in [0.1, 0.15) is 6.10 Å². The highest BCUT2D eigenvalue weighted by Gasteiger charge is 2.27. The van der Waals surface area contributed by atoms with E-state index in [1.165, 1.54) is 0 Å². The Balaban J connectivity index is 2.57. The minimum atomic E-state index is -1.19. The Hall–Kier alpha value is -1.39. The first-order valence-electron chi connectivity index (χ1n) is 6.65. The van der Waals surface area contributed by atoms with Crippen LogP contribution < -0.4 is 11.1 Å². The summed E-state index contributed by atoms with van der Waals surface area (Å²) in [6.45, 7) is 5.82. The molecule has 1 unspecified atom stereocenters. The number of hydrogen-bond donors (Lipinski definition) is 3. The van der Waals surface area contributed by atoms with Crippen molar-refractivity contribution in [2.24, 2.45) is 5.73 Å². The first-order valence-corrected chi connectivity index (χ1v) is 6.65. The molecule has 0 saturated heterocycles.